The Morgan fingerprint density at radius 1 is 1.41 bits per heavy atom. The number of aromatic nitrogens is 2. The first-order chi connectivity index (χ1) is 8.25. The number of carbonyl (C=O) groups is 1. The monoisotopic (exact) mass is 245 g/mol. The molecule has 5 heteroatoms. The first kappa shape index (κ1) is 10.4. The predicted molar refractivity (Wildman–Crippen MR) is 65.9 cm³/mol. The van der Waals surface area contributed by atoms with Crippen LogP contribution in [0.2, 0.25) is 0 Å². The SMILES string of the molecule is NC(=O)c1nc2c(s1)-c1cnccc1CCC2. The van der Waals surface area contributed by atoms with Crippen LogP contribution in [-0.2, 0) is 12.8 Å². The van der Waals surface area contributed by atoms with E-state index in [-0.39, 0.29) is 0 Å². The van der Waals surface area contributed by atoms with Crippen LogP contribution in [0.5, 0.6) is 0 Å². The first-order valence-corrected chi connectivity index (χ1v) is 6.30. The highest BCUT2D eigenvalue weighted by atomic mass is 32.1. The van der Waals surface area contributed by atoms with Crippen LogP contribution >= 0.6 is 11.3 Å². The zero-order valence-corrected chi connectivity index (χ0v) is 9.96. The van der Waals surface area contributed by atoms with Crippen LogP contribution < -0.4 is 5.73 Å². The quantitative estimate of drug-likeness (QED) is 0.832. The van der Waals surface area contributed by atoms with Crippen LogP contribution in [-0.4, -0.2) is 15.9 Å². The summed E-state index contributed by atoms with van der Waals surface area (Å²) in [5.74, 6) is -0.450. The minimum atomic E-state index is -0.450. The van der Waals surface area contributed by atoms with Crippen LogP contribution in [0, 0.1) is 0 Å². The second-order valence-electron chi connectivity index (χ2n) is 4.05. The Labute approximate surface area is 103 Å². The number of carbonyl (C=O) groups excluding carboxylic acids is 1. The molecule has 2 aromatic heterocycles. The van der Waals surface area contributed by atoms with Crippen LogP contribution in [0.15, 0.2) is 18.5 Å². The van der Waals surface area contributed by atoms with Crippen molar-refractivity contribution in [3.63, 3.8) is 0 Å². The number of aryl methyl sites for hydroxylation is 2. The van der Waals surface area contributed by atoms with E-state index in [2.05, 4.69) is 9.97 Å². The lowest BCUT2D eigenvalue weighted by molar-refractivity contribution is 0.1000. The van der Waals surface area contributed by atoms with E-state index < -0.39 is 5.91 Å². The van der Waals surface area contributed by atoms with Gasteiger partial charge in [-0.2, -0.15) is 0 Å². The van der Waals surface area contributed by atoms with E-state index in [4.69, 9.17) is 5.73 Å². The van der Waals surface area contributed by atoms with Crippen molar-refractivity contribution in [1.29, 1.82) is 0 Å². The third-order valence-electron chi connectivity index (χ3n) is 2.92. The third kappa shape index (κ3) is 1.72. The molecule has 2 aromatic rings. The number of pyridine rings is 1. The van der Waals surface area contributed by atoms with Gasteiger partial charge in [0.25, 0.3) is 5.91 Å². The van der Waals surface area contributed by atoms with Crippen LogP contribution in [0.4, 0.5) is 0 Å². The Hall–Kier alpha value is -1.75. The van der Waals surface area contributed by atoms with Crippen molar-refractivity contribution >= 4 is 17.2 Å². The normalized spacial score (nSPS) is 13.6. The number of nitrogens with zero attached hydrogens (tertiary/aromatic N) is 2. The fraction of sp³-hybridized carbons (Fsp3) is 0.250. The van der Waals surface area contributed by atoms with Gasteiger partial charge in [-0.25, -0.2) is 4.98 Å². The van der Waals surface area contributed by atoms with Gasteiger partial charge in [0.15, 0.2) is 5.01 Å². The summed E-state index contributed by atoms with van der Waals surface area (Å²) in [6.45, 7) is 0. The van der Waals surface area contributed by atoms with Gasteiger partial charge in [0.05, 0.1) is 10.6 Å². The summed E-state index contributed by atoms with van der Waals surface area (Å²) in [6.07, 6.45) is 6.63. The van der Waals surface area contributed by atoms with Gasteiger partial charge < -0.3 is 5.73 Å². The maximum Gasteiger partial charge on any atom is 0.277 e. The highest BCUT2D eigenvalue weighted by Gasteiger charge is 2.20. The summed E-state index contributed by atoms with van der Waals surface area (Å²) in [5.41, 5.74) is 8.64. The van der Waals surface area contributed by atoms with Crippen LogP contribution in [0.25, 0.3) is 10.4 Å². The van der Waals surface area contributed by atoms with Crippen molar-refractivity contribution in [2.45, 2.75) is 19.3 Å². The molecule has 0 spiro atoms. The Morgan fingerprint density at radius 3 is 3.12 bits per heavy atom. The van der Waals surface area contributed by atoms with Crippen LogP contribution in [0.1, 0.15) is 27.5 Å². The molecule has 0 bridgehead atoms. The molecule has 1 aliphatic rings. The molecule has 86 valence electrons. The fourth-order valence-corrected chi connectivity index (χ4v) is 3.14. The first-order valence-electron chi connectivity index (χ1n) is 5.48. The fourth-order valence-electron chi connectivity index (χ4n) is 2.13. The Morgan fingerprint density at radius 2 is 2.29 bits per heavy atom. The van der Waals surface area contributed by atoms with Gasteiger partial charge in [-0.3, -0.25) is 9.78 Å². The van der Waals surface area contributed by atoms with Gasteiger partial charge in [0.2, 0.25) is 0 Å². The van der Waals surface area contributed by atoms with Crippen molar-refractivity contribution in [2.75, 3.05) is 0 Å². The lowest BCUT2D eigenvalue weighted by Crippen LogP contribution is -2.10. The summed E-state index contributed by atoms with van der Waals surface area (Å²) in [7, 11) is 0. The largest absolute Gasteiger partial charge is 0.364 e. The number of rotatable bonds is 1. The van der Waals surface area contributed by atoms with Crippen molar-refractivity contribution in [1.82, 2.24) is 9.97 Å². The number of primary amides is 1. The van der Waals surface area contributed by atoms with Crippen LogP contribution in [0.3, 0.4) is 0 Å². The maximum atomic E-state index is 11.2. The molecule has 1 amide bonds. The molecule has 3 rings (SSSR count). The standard InChI is InChI=1S/C12H11N3OS/c13-11(16)12-15-9-3-1-2-7-4-5-14-6-8(7)10(9)17-12/h4-6H,1-3H2,(H2,13,16). The second-order valence-corrected chi connectivity index (χ2v) is 5.04. The topological polar surface area (TPSA) is 68.9 Å². The number of thiazole rings is 1. The van der Waals surface area contributed by atoms with Crippen molar-refractivity contribution in [2.24, 2.45) is 5.73 Å². The highest BCUT2D eigenvalue weighted by molar-refractivity contribution is 7.17. The number of hydrogen-bond donors (Lipinski definition) is 1. The average Bonchev–Trinajstić information content (AvgIpc) is 2.67. The van der Waals surface area contributed by atoms with E-state index in [9.17, 15) is 4.79 Å². The lowest BCUT2D eigenvalue weighted by atomic mass is 10.1. The van der Waals surface area contributed by atoms with E-state index in [1.54, 1.807) is 6.20 Å². The summed E-state index contributed by atoms with van der Waals surface area (Å²) < 4.78 is 0. The van der Waals surface area contributed by atoms with Gasteiger partial charge in [-0.1, -0.05) is 0 Å². The molecule has 4 nitrogen and oxygen atoms in total. The molecule has 0 radical (unpaired) electrons. The molecule has 2 N–H and O–H groups in total. The molecular formula is C12H11N3OS. The van der Waals surface area contributed by atoms with E-state index in [1.807, 2.05) is 12.3 Å². The number of fused-ring (bicyclic) bond motifs is 3. The molecule has 0 saturated heterocycles. The van der Waals surface area contributed by atoms with Gasteiger partial charge in [-0.05, 0) is 30.9 Å². The zero-order valence-electron chi connectivity index (χ0n) is 9.14. The van der Waals surface area contributed by atoms with Gasteiger partial charge >= 0.3 is 0 Å². The van der Waals surface area contributed by atoms with Gasteiger partial charge in [-0.15, -0.1) is 11.3 Å². The molecule has 17 heavy (non-hydrogen) atoms. The smallest absolute Gasteiger partial charge is 0.277 e. The summed E-state index contributed by atoms with van der Waals surface area (Å²) in [6, 6.07) is 2.04. The molecule has 2 heterocycles. The number of nitrogens with two attached hydrogens (primary N) is 1. The molecule has 0 saturated carbocycles. The number of amides is 1. The lowest BCUT2D eigenvalue weighted by Gasteiger charge is -2.02. The van der Waals surface area contributed by atoms with E-state index >= 15 is 0 Å². The Balaban J connectivity index is 2.21. The predicted octanol–water partition coefficient (Wildman–Crippen LogP) is 1.79. The zero-order chi connectivity index (χ0) is 11.8. The minimum Gasteiger partial charge on any atom is -0.364 e. The molecule has 0 unspecified atom stereocenters. The summed E-state index contributed by atoms with van der Waals surface area (Å²) >= 11 is 1.37. The van der Waals surface area contributed by atoms with E-state index in [0.717, 1.165) is 35.4 Å². The molecule has 1 aliphatic carbocycles. The minimum absolute atomic E-state index is 0.395. The summed E-state index contributed by atoms with van der Waals surface area (Å²) in [5, 5.41) is 0.395. The maximum absolute atomic E-state index is 11.2. The van der Waals surface area contributed by atoms with E-state index in [0.29, 0.717) is 5.01 Å². The molecule has 0 fully saturated rings. The molecule has 0 aliphatic heterocycles. The average molecular weight is 245 g/mol. The van der Waals surface area contributed by atoms with Crippen molar-refractivity contribution in [3.05, 3.63) is 34.7 Å². The van der Waals surface area contributed by atoms with Gasteiger partial charge in [0.1, 0.15) is 0 Å². The summed E-state index contributed by atoms with van der Waals surface area (Å²) in [4.78, 5) is 20.7. The second kappa shape index (κ2) is 3.92. The molecule has 0 aromatic carbocycles. The number of hydrogen-bond acceptors (Lipinski definition) is 4. The Bertz CT molecular complexity index is 591. The van der Waals surface area contributed by atoms with Gasteiger partial charge in [0, 0.05) is 18.0 Å². The van der Waals surface area contributed by atoms with Crippen molar-refractivity contribution < 1.29 is 4.79 Å². The molecule has 0 atom stereocenters. The van der Waals surface area contributed by atoms with E-state index in [1.165, 1.54) is 16.9 Å². The third-order valence-corrected chi connectivity index (χ3v) is 4.07. The Kier molecular flexibility index (Phi) is 2.40. The highest BCUT2D eigenvalue weighted by Crippen LogP contribution is 2.35. The van der Waals surface area contributed by atoms with Crippen molar-refractivity contribution in [3.8, 4) is 10.4 Å². The molecular weight excluding hydrogens is 234 g/mol.